The number of amides is 1. The van der Waals surface area contributed by atoms with Crippen LogP contribution < -0.4 is 4.90 Å². The molecule has 0 aliphatic carbocycles. The third kappa shape index (κ3) is 1.97. The average Bonchev–Trinajstić information content (AvgIpc) is 2.60. The Hall–Kier alpha value is -0.940. The number of nitrogens with zero attached hydrogens (tertiary/aromatic N) is 2. The van der Waals surface area contributed by atoms with Crippen molar-refractivity contribution in [3.05, 3.63) is 22.4 Å². The highest BCUT2D eigenvalue weighted by atomic mass is 79.9. The number of hydrogen-bond acceptors (Lipinski definition) is 3. The molecule has 1 fully saturated rings. The molecule has 0 spiro atoms. The molecule has 2 heterocycles. The van der Waals surface area contributed by atoms with Crippen LogP contribution in [0, 0.1) is 12.8 Å². The fraction of sp³-hybridized carbons (Fsp3) is 0.455. The van der Waals surface area contributed by atoms with Crippen LogP contribution in [-0.2, 0) is 4.79 Å². The molecule has 1 unspecified atom stereocenters. The zero-order valence-corrected chi connectivity index (χ0v) is 10.6. The first-order chi connectivity index (χ1) is 7.63. The summed E-state index contributed by atoms with van der Waals surface area (Å²) in [5.41, 5.74) is 1.83. The second-order valence-corrected chi connectivity index (χ2v) is 4.78. The summed E-state index contributed by atoms with van der Waals surface area (Å²) in [6, 6.07) is 1.87. The number of halogens is 1. The first kappa shape index (κ1) is 11.5. The van der Waals surface area contributed by atoms with Gasteiger partial charge in [-0.2, -0.15) is 0 Å². The Balaban J connectivity index is 2.35. The van der Waals surface area contributed by atoms with Gasteiger partial charge in [0.2, 0.25) is 5.91 Å². The van der Waals surface area contributed by atoms with Crippen molar-refractivity contribution < 1.29 is 9.90 Å². The summed E-state index contributed by atoms with van der Waals surface area (Å²) >= 11 is 3.36. The van der Waals surface area contributed by atoms with Gasteiger partial charge >= 0.3 is 0 Å². The van der Waals surface area contributed by atoms with Crippen molar-refractivity contribution in [1.82, 2.24) is 4.98 Å². The number of rotatable bonds is 2. The van der Waals surface area contributed by atoms with Gasteiger partial charge in [-0.15, -0.1) is 0 Å². The van der Waals surface area contributed by atoms with Crippen LogP contribution in [0.1, 0.15) is 12.0 Å². The summed E-state index contributed by atoms with van der Waals surface area (Å²) in [5, 5.41) is 9.08. The number of aryl methyl sites for hydroxylation is 1. The van der Waals surface area contributed by atoms with Crippen molar-refractivity contribution in [2.75, 3.05) is 18.1 Å². The normalized spacial score (nSPS) is 20.6. The lowest BCUT2D eigenvalue weighted by Gasteiger charge is -2.19. The van der Waals surface area contributed by atoms with E-state index >= 15 is 0 Å². The summed E-state index contributed by atoms with van der Waals surface area (Å²) in [7, 11) is 0. The topological polar surface area (TPSA) is 53.4 Å². The van der Waals surface area contributed by atoms with Crippen LogP contribution in [-0.4, -0.2) is 29.1 Å². The minimum Gasteiger partial charge on any atom is -0.396 e. The van der Waals surface area contributed by atoms with E-state index in [0.29, 0.717) is 17.6 Å². The zero-order chi connectivity index (χ0) is 11.7. The molecule has 1 aliphatic rings. The van der Waals surface area contributed by atoms with E-state index in [1.165, 1.54) is 0 Å². The van der Waals surface area contributed by atoms with E-state index in [0.717, 1.165) is 11.3 Å². The van der Waals surface area contributed by atoms with Gasteiger partial charge in [0, 0.05) is 31.7 Å². The number of aromatic nitrogens is 1. The van der Waals surface area contributed by atoms with Crippen LogP contribution in [0.4, 0.5) is 5.69 Å². The number of aliphatic hydroxyl groups is 1. The van der Waals surface area contributed by atoms with Gasteiger partial charge in [0.1, 0.15) is 4.60 Å². The van der Waals surface area contributed by atoms with Crippen molar-refractivity contribution in [3.63, 3.8) is 0 Å². The molecule has 0 aromatic carbocycles. The molecule has 0 radical (unpaired) electrons. The molecule has 1 atom stereocenters. The smallest absolute Gasteiger partial charge is 0.227 e. The number of carbonyl (C=O) groups is 1. The summed E-state index contributed by atoms with van der Waals surface area (Å²) in [6.45, 7) is 2.57. The van der Waals surface area contributed by atoms with Crippen molar-refractivity contribution >= 4 is 27.5 Å². The van der Waals surface area contributed by atoms with Crippen LogP contribution in [0.2, 0.25) is 0 Å². The Bertz CT molecular complexity index is 402. The number of pyridine rings is 1. The fourth-order valence-electron chi connectivity index (χ4n) is 1.96. The van der Waals surface area contributed by atoms with E-state index < -0.39 is 0 Å². The molecule has 16 heavy (non-hydrogen) atoms. The highest BCUT2D eigenvalue weighted by Crippen LogP contribution is 2.32. The molecule has 2 rings (SSSR count). The minimum atomic E-state index is 0.0407. The molecule has 1 aliphatic heterocycles. The van der Waals surface area contributed by atoms with Crippen LogP contribution in [0.5, 0.6) is 0 Å². The largest absolute Gasteiger partial charge is 0.396 e. The molecule has 1 amide bonds. The number of anilines is 1. The molecule has 0 saturated carbocycles. The standard InChI is InChI=1S/C11H13BrN2O2/c1-7-2-3-13-11(12)10(7)14-5-8(6-15)4-9(14)16/h2-3,8,15H,4-6H2,1H3. The molecular formula is C11H13BrN2O2. The van der Waals surface area contributed by atoms with Gasteiger partial charge in [0.05, 0.1) is 5.69 Å². The van der Waals surface area contributed by atoms with Gasteiger partial charge in [-0.3, -0.25) is 4.79 Å². The van der Waals surface area contributed by atoms with E-state index in [1.807, 2.05) is 13.0 Å². The maximum atomic E-state index is 11.8. The SMILES string of the molecule is Cc1ccnc(Br)c1N1CC(CO)CC1=O. The highest BCUT2D eigenvalue weighted by Gasteiger charge is 2.32. The highest BCUT2D eigenvalue weighted by molar-refractivity contribution is 9.10. The molecule has 1 N–H and O–H groups in total. The lowest BCUT2D eigenvalue weighted by molar-refractivity contribution is -0.117. The summed E-state index contributed by atoms with van der Waals surface area (Å²) < 4.78 is 0.680. The lowest BCUT2D eigenvalue weighted by atomic mass is 10.1. The van der Waals surface area contributed by atoms with Crippen LogP contribution in [0.3, 0.4) is 0 Å². The predicted molar refractivity (Wildman–Crippen MR) is 64.2 cm³/mol. The first-order valence-corrected chi connectivity index (χ1v) is 5.95. The lowest BCUT2D eigenvalue weighted by Crippen LogP contribution is -2.26. The summed E-state index contributed by atoms with van der Waals surface area (Å²) in [5.74, 6) is 0.0925. The minimum absolute atomic E-state index is 0.0407. The molecule has 1 aromatic rings. The second-order valence-electron chi connectivity index (χ2n) is 4.02. The van der Waals surface area contributed by atoms with Gasteiger partial charge in [-0.25, -0.2) is 4.98 Å². The Kier molecular flexibility index (Phi) is 3.25. The Morgan fingerprint density at radius 2 is 2.44 bits per heavy atom. The summed E-state index contributed by atoms with van der Waals surface area (Å²) in [6.07, 6.45) is 2.12. The number of hydrogen-bond donors (Lipinski definition) is 1. The third-order valence-electron chi connectivity index (χ3n) is 2.81. The average molecular weight is 285 g/mol. The fourth-order valence-corrected chi connectivity index (χ4v) is 2.61. The van der Waals surface area contributed by atoms with E-state index in [1.54, 1.807) is 11.1 Å². The van der Waals surface area contributed by atoms with E-state index in [2.05, 4.69) is 20.9 Å². The first-order valence-electron chi connectivity index (χ1n) is 5.15. The molecule has 1 saturated heterocycles. The number of carbonyl (C=O) groups excluding carboxylic acids is 1. The van der Waals surface area contributed by atoms with Crippen LogP contribution >= 0.6 is 15.9 Å². The molecular weight excluding hydrogens is 272 g/mol. The Morgan fingerprint density at radius 3 is 3.00 bits per heavy atom. The molecule has 1 aromatic heterocycles. The van der Waals surface area contributed by atoms with Crippen molar-refractivity contribution in [1.29, 1.82) is 0 Å². The zero-order valence-electron chi connectivity index (χ0n) is 8.98. The molecule has 5 heteroatoms. The second kappa shape index (κ2) is 4.51. The van der Waals surface area contributed by atoms with Crippen LogP contribution in [0.25, 0.3) is 0 Å². The van der Waals surface area contributed by atoms with Gasteiger partial charge in [0.25, 0.3) is 0 Å². The van der Waals surface area contributed by atoms with E-state index in [9.17, 15) is 4.79 Å². The third-order valence-corrected chi connectivity index (χ3v) is 3.39. The summed E-state index contributed by atoms with van der Waals surface area (Å²) in [4.78, 5) is 17.6. The maximum Gasteiger partial charge on any atom is 0.227 e. The van der Waals surface area contributed by atoms with E-state index in [-0.39, 0.29) is 18.4 Å². The Morgan fingerprint density at radius 1 is 1.69 bits per heavy atom. The quantitative estimate of drug-likeness (QED) is 0.838. The van der Waals surface area contributed by atoms with Crippen molar-refractivity contribution in [2.24, 2.45) is 5.92 Å². The predicted octanol–water partition coefficient (Wildman–Crippen LogP) is 1.50. The van der Waals surface area contributed by atoms with Crippen LogP contribution in [0.15, 0.2) is 16.9 Å². The van der Waals surface area contributed by atoms with E-state index in [4.69, 9.17) is 5.11 Å². The van der Waals surface area contributed by atoms with Gasteiger partial charge < -0.3 is 10.0 Å². The maximum absolute atomic E-state index is 11.8. The van der Waals surface area contributed by atoms with Gasteiger partial charge in [-0.05, 0) is 34.5 Å². The van der Waals surface area contributed by atoms with Crippen molar-refractivity contribution in [3.8, 4) is 0 Å². The van der Waals surface area contributed by atoms with Gasteiger partial charge in [0.15, 0.2) is 0 Å². The van der Waals surface area contributed by atoms with Crippen molar-refractivity contribution in [2.45, 2.75) is 13.3 Å². The van der Waals surface area contributed by atoms with Gasteiger partial charge in [-0.1, -0.05) is 0 Å². The molecule has 4 nitrogen and oxygen atoms in total. The molecule has 0 bridgehead atoms. The molecule has 86 valence electrons. The number of aliphatic hydroxyl groups excluding tert-OH is 1. The Labute approximate surface area is 102 Å². The monoisotopic (exact) mass is 284 g/mol.